The predicted molar refractivity (Wildman–Crippen MR) is 95.4 cm³/mol. The molecule has 0 aliphatic heterocycles. The van der Waals surface area contributed by atoms with Crippen LogP contribution >= 0.6 is 35.3 Å². The zero-order chi connectivity index (χ0) is 13.5. The summed E-state index contributed by atoms with van der Waals surface area (Å²) in [4.78, 5) is 0. The first-order valence-corrected chi connectivity index (χ1v) is 10.9. The smallest absolute Gasteiger partial charge is 0.0510 e. The molecule has 0 bridgehead atoms. The van der Waals surface area contributed by atoms with Gasteiger partial charge in [0.15, 0.2) is 0 Å². The van der Waals surface area contributed by atoms with Crippen LogP contribution in [0.4, 0.5) is 0 Å². The normalized spacial score (nSPS) is 11.3. The molecule has 0 radical (unpaired) electrons. The Morgan fingerprint density at radius 3 is 1.67 bits per heavy atom. The van der Waals surface area contributed by atoms with Gasteiger partial charge < -0.3 is 0 Å². The zero-order valence-corrected chi connectivity index (χ0v) is 15.0. The van der Waals surface area contributed by atoms with Crippen molar-refractivity contribution in [3.8, 4) is 0 Å². The highest BCUT2D eigenvalue weighted by atomic mass is 32.2. The van der Waals surface area contributed by atoms with E-state index in [9.17, 15) is 0 Å². The minimum atomic E-state index is 0.859. The van der Waals surface area contributed by atoms with Crippen LogP contribution in [0.15, 0.2) is 0 Å². The first-order chi connectivity index (χ1) is 8.85. The summed E-state index contributed by atoms with van der Waals surface area (Å²) >= 11 is 6.58. The number of unbranched alkanes of at least 4 members (excludes halogenated alkanes) is 3. The maximum absolute atomic E-state index is 2.29. The van der Waals surface area contributed by atoms with E-state index in [2.05, 4.69) is 56.1 Å². The van der Waals surface area contributed by atoms with E-state index in [1.807, 2.05) is 0 Å². The fourth-order valence-electron chi connectivity index (χ4n) is 1.46. The second kappa shape index (κ2) is 16.1. The molecule has 0 nitrogen and oxygen atoms in total. The van der Waals surface area contributed by atoms with Gasteiger partial charge in [0.05, 0.1) is 4.58 Å². The monoisotopic (exact) mass is 308 g/mol. The summed E-state index contributed by atoms with van der Waals surface area (Å²) in [6, 6.07) is 0. The summed E-state index contributed by atoms with van der Waals surface area (Å²) in [5.41, 5.74) is 0. The molecular formula is C15H32S3. The standard InChI is InChI=1S/C15H32S3/c1-4-7-11-16-14-10-15(17-12-8-5-2)18-13-9-6-3/h15H,4-14H2,1-3H3. The molecule has 0 amide bonds. The third kappa shape index (κ3) is 13.5. The Labute approximate surface area is 128 Å². The van der Waals surface area contributed by atoms with Gasteiger partial charge in [0.1, 0.15) is 0 Å². The summed E-state index contributed by atoms with van der Waals surface area (Å²) < 4.78 is 0.859. The molecule has 0 fully saturated rings. The van der Waals surface area contributed by atoms with Crippen molar-refractivity contribution in [1.29, 1.82) is 0 Å². The molecule has 3 heteroatoms. The van der Waals surface area contributed by atoms with Crippen molar-refractivity contribution in [2.45, 2.75) is 70.3 Å². The van der Waals surface area contributed by atoms with E-state index >= 15 is 0 Å². The molecule has 110 valence electrons. The zero-order valence-electron chi connectivity index (χ0n) is 12.6. The van der Waals surface area contributed by atoms with Crippen LogP contribution in [-0.4, -0.2) is 27.6 Å². The van der Waals surface area contributed by atoms with Crippen LogP contribution in [0, 0.1) is 0 Å². The lowest BCUT2D eigenvalue weighted by molar-refractivity contribution is 0.887. The van der Waals surface area contributed by atoms with Crippen LogP contribution in [0.1, 0.15) is 65.7 Å². The summed E-state index contributed by atoms with van der Waals surface area (Å²) in [7, 11) is 0. The molecule has 0 saturated carbocycles. The quantitative estimate of drug-likeness (QED) is 0.273. The molecule has 0 atom stereocenters. The molecule has 0 spiro atoms. The molecule has 0 aliphatic rings. The first kappa shape index (κ1) is 19.1. The van der Waals surface area contributed by atoms with Crippen LogP contribution in [0.25, 0.3) is 0 Å². The van der Waals surface area contributed by atoms with Gasteiger partial charge >= 0.3 is 0 Å². The van der Waals surface area contributed by atoms with Crippen molar-refractivity contribution < 1.29 is 0 Å². The van der Waals surface area contributed by atoms with E-state index in [-0.39, 0.29) is 0 Å². The van der Waals surface area contributed by atoms with Crippen molar-refractivity contribution in [2.24, 2.45) is 0 Å². The van der Waals surface area contributed by atoms with E-state index in [0.29, 0.717) is 0 Å². The van der Waals surface area contributed by atoms with E-state index in [0.717, 1.165) is 4.58 Å². The van der Waals surface area contributed by atoms with E-state index < -0.39 is 0 Å². The highest BCUT2D eigenvalue weighted by Crippen LogP contribution is 2.29. The van der Waals surface area contributed by atoms with Crippen molar-refractivity contribution in [1.82, 2.24) is 0 Å². The van der Waals surface area contributed by atoms with E-state index in [1.54, 1.807) is 0 Å². The molecule has 0 N–H and O–H groups in total. The second-order valence-corrected chi connectivity index (χ2v) is 8.78. The molecule has 0 aromatic heterocycles. The Morgan fingerprint density at radius 2 is 1.17 bits per heavy atom. The Bertz CT molecular complexity index is 141. The molecule has 18 heavy (non-hydrogen) atoms. The SMILES string of the molecule is CCCCSCCC(SCCCC)SCCCC. The van der Waals surface area contributed by atoms with Crippen molar-refractivity contribution in [3.05, 3.63) is 0 Å². The second-order valence-electron chi connectivity index (χ2n) is 4.63. The lowest BCUT2D eigenvalue weighted by Gasteiger charge is -2.15. The average Bonchev–Trinajstić information content (AvgIpc) is 2.38. The van der Waals surface area contributed by atoms with Gasteiger partial charge in [-0.15, -0.1) is 23.5 Å². The predicted octanol–water partition coefficient (Wildman–Crippen LogP) is 6.30. The van der Waals surface area contributed by atoms with Crippen LogP contribution in [-0.2, 0) is 0 Å². The lowest BCUT2D eigenvalue weighted by atomic mass is 10.4. The van der Waals surface area contributed by atoms with Crippen LogP contribution < -0.4 is 0 Å². The minimum Gasteiger partial charge on any atom is -0.162 e. The summed E-state index contributed by atoms with van der Waals surface area (Å²) in [6.45, 7) is 6.87. The highest BCUT2D eigenvalue weighted by Gasteiger charge is 2.09. The van der Waals surface area contributed by atoms with Gasteiger partial charge in [0, 0.05) is 0 Å². The maximum atomic E-state index is 2.29. The summed E-state index contributed by atoms with van der Waals surface area (Å²) in [5, 5.41) is 0. The minimum absolute atomic E-state index is 0.859. The van der Waals surface area contributed by atoms with Crippen LogP contribution in [0.2, 0.25) is 0 Å². The van der Waals surface area contributed by atoms with Crippen molar-refractivity contribution in [2.75, 3.05) is 23.0 Å². The highest BCUT2D eigenvalue weighted by molar-refractivity contribution is 8.17. The maximum Gasteiger partial charge on any atom is 0.0510 e. The molecular weight excluding hydrogens is 276 g/mol. The molecule has 0 saturated heterocycles. The molecule has 0 rings (SSSR count). The van der Waals surface area contributed by atoms with Gasteiger partial charge in [-0.1, -0.05) is 40.0 Å². The average molecular weight is 309 g/mol. The number of thioether (sulfide) groups is 3. The molecule has 0 unspecified atom stereocenters. The van der Waals surface area contributed by atoms with Crippen molar-refractivity contribution >= 4 is 35.3 Å². The largest absolute Gasteiger partial charge is 0.162 e. The molecule has 0 aliphatic carbocycles. The molecule has 0 heterocycles. The fourth-order valence-corrected chi connectivity index (χ4v) is 5.83. The Balaban J connectivity index is 3.60. The van der Waals surface area contributed by atoms with E-state index in [4.69, 9.17) is 0 Å². The van der Waals surface area contributed by atoms with Crippen LogP contribution in [0.3, 0.4) is 0 Å². The van der Waals surface area contributed by atoms with Gasteiger partial charge in [-0.05, 0) is 48.7 Å². The van der Waals surface area contributed by atoms with Gasteiger partial charge in [0.2, 0.25) is 0 Å². The van der Waals surface area contributed by atoms with Gasteiger partial charge in [-0.25, -0.2) is 0 Å². The van der Waals surface area contributed by atoms with Crippen LogP contribution in [0.5, 0.6) is 0 Å². The summed E-state index contributed by atoms with van der Waals surface area (Å²) in [5.74, 6) is 5.45. The third-order valence-corrected chi connectivity index (χ3v) is 6.93. The Kier molecular flexibility index (Phi) is 17.0. The lowest BCUT2D eigenvalue weighted by Crippen LogP contribution is -2.02. The number of hydrogen-bond acceptors (Lipinski definition) is 3. The Hall–Kier alpha value is 1.05. The number of rotatable bonds is 14. The van der Waals surface area contributed by atoms with E-state index in [1.165, 1.54) is 68.0 Å². The summed E-state index contributed by atoms with van der Waals surface area (Å²) in [6.07, 6.45) is 9.58. The number of hydrogen-bond donors (Lipinski definition) is 0. The van der Waals surface area contributed by atoms with Crippen molar-refractivity contribution in [3.63, 3.8) is 0 Å². The molecule has 0 aromatic carbocycles. The topological polar surface area (TPSA) is 0 Å². The Morgan fingerprint density at radius 1 is 0.667 bits per heavy atom. The van der Waals surface area contributed by atoms with Gasteiger partial charge in [0.25, 0.3) is 0 Å². The third-order valence-electron chi connectivity index (χ3n) is 2.74. The van der Waals surface area contributed by atoms with Gasteiger partial charge in [-0.3, -0.25) is 0 Å². The fraction of sp³-hybridized carbons (Fsp3) is 1.00. The van der Waals surface area contributed by atoms with Gasteiger partial charge in [-0.2, -0.15) is 11.8 Å². The first-order valence-electron chi connectivity index (χ1n) is 7.66. The molecule has 0 aromatic rings.